The maximum atomic E-state index is 13.0. The monoisotopic (exact) mass is 474 g/mol. The maximum Gasteiger partial charge on any atom is 0.309 e. The Morgan fingerprint density at radius 2 is 1.87 bits per heavy atom. The number of amides is 2. The molecule has 3 rings (SSSR count). The molecule has 2 N–H and O–H groups in total. The largest absolute Gasteiger partial charge is 0.381 e. The first-order valence-electron chi connectivity index (χ1n) is 11.3. The molecule has 1 unspecified atom stereocenters. The summed E-state index contributed by atoms with van der Waals surface area (Å²) < 4.78 is 5.41. The van der Waals surface area contributed by atoms with Crippen molar-refractivity contribution in [2.24, 2.45) is 16.9 Å². The quantitative estimate of drug-likeness (QED) is 0.413. The minimum Gasteiger partial charge on any atom is -0.381 e. The highest BCUT2D eigenvalue weighted by Gasteiger charge is 2.36. The van der Waals surface area contributed by atoms with Crippen molar-refractivity contribution in [1.82, 2.24) is 15.6 Å². The van der Waals surface area contributed by atoms with Crippen molar-refractivity contribution in [1.29, 1.82) is 0 Å². The zero-order chi connectivity index (χ0) is 21.3. The molecule has 3 fully saturated rings. The molecule has 3 aliphatic rings. The van der Waals surface area contributed by atoms with E-state index in [2.05, 4.69) is 27.7 Å². The summed E-state index contributed by atoms with van der Waals surface area (Å²) in [5, 5.41) is 7.86. The molecule has 0 spiro atoms. The van der Waals surface area contributed by atoms with E-state index in [0.717, 1.165) is 62.5 Å². The van der Waals surface area contributed by atoms with Gasteiger partial charge in [0.15, 0.2) is 5.17 Å². The molecule has 10 heteroatoms. The first kappa shape index (κ1) is 25.9. The van der Waals surface area contributed by atoms with Crippen LogP contribution in [0.2, 0.25) is 0 Å². The maximum absolute atomic E-state index is 13.0. The lowest BCUT2D eigenvalue weighted by Gasteiger charge is -2.31. The second-order valence-corrected chi connectivity index (χ2v) is 9.37. The number of carbonyl (C=O) groups is 3. The van der Waals surface area contributed by atoms with Crippen molar-refractivity contribution < 1.29 is 19.1 Å². The number of ketones is 1. The van der Waals surface area contributed by atoms with E-state index in [1.54, 1.807) is 11.8 Å². The van der Waals surface area contributed by atoms with Gasteiger partial charge in [0.05, 0.1) is 0 Å². The molecule has 176 valence electrons. The number of halogens is 1. The summed E-state index contributed by atoms with van der Waals surface area (Å²) in [6, 6.07) is -0.813. The molecule has 0 radical (unpaired) electrons. The van der Waals surface area contributed by atoms with Gasteiger partial charge < -0.3 is 15.0 Å². The Bertz CT molecular complexity index is 651. The fraction of sp³-hybridized carbons (Fsp3) is 0.810. The van der Waals surface area contributed by atoms with Crippen LogP contribution in [0.5, 0.6) is 0 Å². The number of carbonyl (C=O) groups excluding carboxylic acids is 3. The van der Waals surface area contributed by atoms with E-state index >= 15 is 0 Å². The molecule has 0 bridgehead atoms. The van der Waals surface area contributed by atoms with Crippen LogP contribution in [0.15, 0.2) is 5.10 Å². The van der Waals surface area contributed by atoms with Gasteiger partial charge in [0.1, 0.15) is 6.04 Å². The Kier molecular flexibility index (Phi) is 11.1. The molecule has 2 saturated heterocycles. The Balaban J connectivity index is 0.00000341. The fourth-order valence-corrected chi connectivity index (χ4v) is 5.36. The summed E-state index contributed by atoms with van der Waals surface area (Å²) in [5.41, 5.74) is 2.44. The predicted octanol–water partition coefficient (Wildman–Crippen LogP) is 2.31. The zero-order valence-electron chi connectivity index (χ0n) is 18.3. The van der Waals surface area contributed by atoms with Crippen LogP contribution >= 0.6 is 24.2 Å². The summed E-state index contributed by atoms with van der Waals surface area (Å²) in [5.74, 6) is -0.694. The highest BCUT2D eigenvalue weighted by atomic mass is 35.5. The zero-order valence-corrected chi connectivity index (χ0v) is 19.9. The lowest BCUT2D eigenvalue weighted by Crippen LogP contribution is -2.53. The number of hydrogen-bond acceptors (Lipinski definition) is 6. The summed E-state index contributed by atoms with van der Waals surface area (Å²) >= 11 is 1.57. The summed E-state index contributed by atoms with van der Waals surface area (Å²) in [6.07, 6.45) is 7.24. The fourth-order valence-electron chi connectivity index (χ4n) is 4.39. The molecule has 0 aromatic rings. The topological polar surface area (TPSA) is 100 Å². The van der Waals surface area contributed by atoms with Crippen LogP contribution in [0.1, 0.15) is 58.3 Å². The van der Waals surface area contributed by atoms with Crippen molar-refractivity contribution in [2.45, 2.75) is 64.3 Å². The molecule has 2 aliphatic heterocycles. The van der Waals surface area contributed by atoms with Crippen LogP contribution in [0.25, 0.3) is 0 Å². The molecule has 0 aromatic carbocycles. The third-order valence-corrected chi connectivity index (χ3v) is 7.12. The van der Waals surface area contributed by atoms with Crippen LogP contribution in [0, 0.1) is 11.8 Å². The molecule has 1 saturated carbocycles. The standard InChI is InChI=1S/C21H34N4O4S.ClH/c1-2-10-25-11-14-30-21(25)24-23-20(28)18(26)17(15-8-12-29-13-9-15)22-19(27)16-6-4-3-5-7-16;/h15-17H,2-14H2,1H3,(H,22,27)(H,23,28);1H. The number of thioether (sulfide) groups is 1. The molecule has 1 aliphatic carbocycles. The van der Waals surface area contributed by atoms with Crippen molar-refractivity contribution in [2.75, 3.05) is 32.1 Å². The van der Waals surface area contributed by atoms with E-state index in [-0.39, 0.29) is 30.2 Å². The number of Topliss-reactive ketones (excluding diaryl/α,β-unsaturated/α-hetero) is 1. The normalized spacial score (nSPS) is 22.6. The number of hydrazone groups is 1. The Morgan fingerprint density at radius 3 is 2.55 bits per heavy atom. The van der Waals surface area contributed by atoms with Crippen LogP contribution in [0.4, 0.5) is 0 Å². The Hall–Kier alpha value is -1.32. The van der Waals surface area contributed by atoms with E-state index in [1.807, 2.05) is 0 Å². The molecule has 0 aromatic heterocycles. The van der Waals surface area contributed by atoms with Gasteiger partial charge in [0, 0.05) is 38.0 Å². The van der Waals surface area contributed by atoms with Crippen molar-refractivity contribution in [3.05, 3.63) is 0 Å². The molecule has 1 atom stereocenters. The summed E-state index contributed by atoms with van der Waals surface area (Å²) in [4.78, 5) is 40.5. The summed E-state index contributed by atoms with van der Waals surface area (Å²) in [6.45, 7) is 4.94. The number of nitrogens with zero attached hydrogens (tertiary/aromatic N) is 2. The average Bonchev–Trinajstić information content (AvgIpc) is 3.23. The van der Waals surface area contributed by atoms with Gasteiger partial charge in [-0.3, -0.25) is 14.4 Å². The van der Waals surface area contributed by atoms with Gasteiger partial charge in [0.25, 0.3) is 0 Å². The van der Waals surface area contributed by atoms with Crippen LogP contribution < -0.4 is 10.7 Å². The number of rotatable bonds is 8. The lowest BCUT2D eigenvalue weighted by atomic mass is 9.85. The van der Waals surface area contributed by atoms with Gasteiger partial charge in [-0.05, 0) is 38.0 Å². The molecular formula is C21H35ClN4O4S. The van der Waals surface area contributed by atoms with Crippen molar-refractivity contribution in [3.8, 4) is 0 Å². The molecule has 8 nitrogen and oxygen atoms in total. The third kappa shape index (κ3) is 7.36. The highest BCUT2D eigenvalue weighted by Crippen LogP contribution is 2.25. The van der Waals surface area contributed by atoms with Gasteiger partial charge in [-0.25, -0.2) is 5.43 Å². The van der Waals surface area contributed by atoms with E-state index in [4.69, 9.17) is 4.74 Å². The number of ether oxygens (including phenoxy) is 1. The van der Waals surface area contributed by atoms with E-state index in [0.29, 0.717) is 26.1 Å². The number of nitrogens with one attached hydrogen (secondary N) is 2. The lowest BCUT2D eigenvalue weighted by molar-refractivity contribution is -0.142. The smallest absolute Gasteiger partial charge is 0.309 e. The average molecular weight is 475 g/mol. The van der Waals surface area contributed by atoms with Crippen molar-refractivity contribution >= 4 is 46.9 Å². The third-order valence-electron chi connectivity index (χ3n) is 6.13. The Labute approximate surface area is 195 Å². The minimum absolute atomic E-state index is 0. The molecular weight excluding hydrogens is 440 g/mol. The summed E-state index contributed by atoms with van der Waals surface area (Å²) in [7, 11) is 0. The van der Waals surface area contributed by atoms with E-state index < -0.39 is 17.7 Å². The van der Waals surface area contributed by atoms with Gasteiger partial charge in [-0.1, -0.05) is 37.9 Å². The van der Waals surface area contributed by atoms with Gasteiger partial charge in [0.2, 0.25) is 11.7 Å². The SMILES string of the molecule is CCCN1CCSC1=NNC(=O)C(=O)C(NC(=O)C1CCCCC1)C1CCOCC1.Cl. The van der Waals surface area contributed by atoms with E-state index in [9.17, 15) is 14.4 Å². The second-order valence-electron chi connectivity index (χ2n) is 8.31. The minimum atomic E-state index is -0.813. The predicted molar refractivity (Wildman–Crippen MR) is 124 cm³/mol. The first-order valence-corrected chi connectivity index (χ1v) is 12.3. The number of hydrogen-bond donors (Lipinski definition) is 2. The number of amidine groups is 1. The van der Waals surface area contributed by atoms with Crippen LogP contribution in [0.3, 0.4) is 0 Å². The van der Waals surface area contributed by atoms with Crippen molar-refractivity contribution in [3.63, 3.8) is 0 Å². The van der Waals surface area contributed by atoms with Crippen LogP contribution in [-0.2, 0) is 19.1 Å². The highest BCUT2D eigenvalue weighted by molar-refractivity contribution is 8.14. The van der Waals surface area contributed by atoms with E-state index in [1.165, 1.54) is 0 Å². The molecule has 2 heterocycles. The second kappa shape index (κ2) is 13.3. The van der Waals surface area contributed by atoms with Crippen LogP contribution in [-0.4, -0.2) is 65.8 Å². The molecule has 2 amide bonds. The molecule has 31 heavy (non-hydrogen) atoms. The van der Waals surface area contributed by atoms with Gasteiger partial charge in [-0.15, -0.1) is 17.5 Å². The Morgan fingerprint density at radius 1 is 1.16 bits per heavy atom. The van der Waals surface area contributed by atoms with Gasteiger partial charge >= 0.3 is 5.91 Å². The first-order chi connectivity index (χ1) is 14.6. The van der Waals surface area contributed by atoms with Gasteiger partial charge in [-0.2, -0.15) is 0 Å².